The van der Waals surface area contributed by atoms with Gasteiger partial charge in [-0.3, -0.25) is 4.79 Å². The first kappa shape index (κ1) is 21.7. The summed E-state index contributed by atoms with van der Waals surface area (Å²) in [5, 5.41) is 12.2. The fourth-order valence-electron chi connectivity index (χ4n) is 3.27. The molecule has 1 N–H and O–H groups in total. The molecule has 1 amide bonds. The molecule has 0 aliphatic heterocycles. The summed E-state index contributed by atoms with van der Waals surface area (Å²) in [4.78, 5) is 21.6. The van der Waals surface area contributed by atoms with Gasteiger partial charge in [0.1, 0.15) is 0 Å². The van der Waals surface area contributed by atoms with Gasteiger partial charge in [0, 0.05) is 24.2 Å². The summed E-state index contributed by atoms with van der Waals surface area (Å²) in [6.07, 6.45) is 5.13. The number of thioether (sulfide) groups is 1. The summed E-state index contributed by atoms with van der Waals surface area (Å²) in [6, 6.07) is 21.7. The minimum atomic E-state index is -0.225. The van der Waals surface area contributed by atoms with Crippen LogP contribution in [0.5, 0.6) is 0 Å². The topological polar surface area (TPSA) is 85.6 Å². The molecule has 2 aromatic heterocycles. The minimum absolute atomic E-state index is 0.00235. The number of rotatable bonds is 9. The van der Waals surface area contributed by atoms with Crippen molar-refractivity contribution in [3.05, 3.63) is 96.1 Å². The summed E-state index contributed by atoms with van der Waals surface area (Å²) < 4.78 is 1.71. The van der Waals surface area contributed by atoms with Crippen LogP contribution in [0.1, 0.15) is 35.1 Å². The van der Waals surface area contributed by atoms with E-state index in [1.807, 2.05) is 55.5 Å². The molecule has 0 saturated heterocycles. The molecule has 4 aromatic rings. The van der Waals surface area contributed by atoms with Crippen LogP contribution in [0.3, 0.4) is 0 Å². The normalized spacial score (nSPS) is 11.8. The van der Waals surface area contributed by atoms with Crippen LogP contribution in [0.4, 0.5) is 0 Å². The number of para-hydroxylation sites is 1. The highest BCUT2D eigenvalue weighted by atomic mass is 32.2. The number of hydrogen-bond donors (Lipinski definition) is 1. The van der Waals surface area contributed by atoms with Crippen LogP contribution in [0.25, 0.3) is 5.69 Å². The average Bonchev–Trinajstić information content (AvgIpc) is 3.27. The first-order valence-electron chi connectivity index (χ1n) is 10.5. The van der Waals surface area contributed by atoms with Gasteiger partial charge in [0.25, 0.3) is 5.91 Å². The second-order valence-electron chi connectivity index (χ2n) is 7.35. The zero-order chi connectivity index (χ0) is 22.2. The Morgan fingerprint density at radius 3 is 2.41 bits per heavy atom. The number of amides is 1. The molecule has 162 valence electrons. The molecule has 1 atom stereocenters. The van der Waals surface area contributed by atoms with E-state index in [1.165, 1.54) is 17.3 Å². The molecule has 2 heterocycles. The Hall–Kier alpha value is -3.52. The summed E-state index contributed by atoms with van der Waals surface area (Å²) in [5.74, 6) is 0.241. The number of carbonyl (C=O) groups excluding carboxylic acids is 1. The van der Waals surface area contributed by atoms with E-state index in [2.05, 4.69) is 37.7 Å². The molecule has 0 spiro atoms. The van der Waals surface area contributed by atoms with Gasteiger partial charge in [-0.1, -0.05) is 65.5 Å². The standard InChI is InChI=1S/C24H24N6OS/c1-18(13-14-19-9-4-2-5-10-19)27-23(31)22-21(17-32-24-25-15-8-16-26-24)30(29-28-22)20-11-6-3-7-12-20/h2-12,15-16,18H,13-14,17H2,1H3,(H,27,31). The van der Waals surface area contributed by atoms with Gasteiger partial charge < -0.3 is 5.32 Å². The van der Waals surface area contributed by atoms with Gasteiger partial charge in [0.05, 0.1) is 11.4 Å². The lowest BCUT2D eigenvalue weighted by molar-refractivity contribution is 0.0932. The van der Waals surface area contributed by atoms with Crippen molar-refractivity contribution in [2.24, 2.45) is 0 Å². The smallest absolute Gasteiger partial charge is 0.274 e. The van der Waals surface area contributed by atoms with Crippen LogP contribution in [0.2, 0.25) is 0 Å². The first-order valence-corrected chi connectivity index (χ1v) is 11.4. The van der Waals surface area contributed by atoms with Crippen molar-refractivity contribution in [3.63, 3.8) is 0 Å². The van der Waals surface area contributed by atoms with Crippen LogP contribution < -0.4 is 5.32 Å². The molecular weight excluding hydrogens is 420 g/mol. The van der Waals surface area contributed by atoms with Crippen molar-refractivity contribution >= 4 is 17.7 Å². The molecule has 0 radical (unpaired) electrons. The maximum absolute atomic E-state index is 13.1. The van der Waals surface area contributed by atoms with E-state index in [-0.39, 0.29) is 11.9 Å². The molecule has 32 heavy (non-hydrogen) atoms. The van der Waals surface area contributed by atoms with Crippen LogP contribution in [0, 0.1) is 0 Å². The highest BCUT2D eigenvalue weighted by Gasteiger charge is 2.22. The average molecular weight is 445 g/mol. The number of aryl methyl sites for hydroxylation is 1. The number of nitrogens with zero attached hydrogens (tertiary/aromatic N) is 5. The molecule has 1 unspecified atom stereocenters. The van der Waals surface area contributed by atoms with Gasteiger partial charge >= 0.3 is 0 Å². The van der Waals surface area contributed by atoms with Crippen molar-refractivity contribution in [2.75, 3.05) is 0 Å². The van der Waals surface area contributed by atoms with Gasteiger partial charge in [0.15, 0.2) is 10.9 Å². The number of carbonyl (C=O) groups is 1. The molecule has 0 fully saturated rings. The van der Waals surface area contributed by atoms with Crippen molar-refractivity contribution in [3.8, 4) is 5.69 Å². The minimum Gasteiger partial charge on any atom is -0.348 e. The van der Waals surface area contributed by atoms with Gasteiger partial charge in [-0.25, -0.2) is 14.6 Å². The first-order chi connectivity index (χ1) is 15.7. The Morgan fingerprint density at radius 2 is 1.69 bits per heavy atom. The summed E-state index contributed by atoms with van der Waals surface area (Å²) in [5.41, 5.74) is 3.13. The van der Waals surface area contributed by atoms with Crippen LogP contribution in [0.15, 0.2) is 84.3 Å². The Labute approximate surface area is 191 Å². The molecule has 7 nitrogen and oxygen atoms in total. The lowest BCUT2D eigenvalue weighted by atomic mass is 10.1. The molecule has 0 aliphatic rings. The van der Waals surface area contributed by atoms with Gasteiger partial charge in [-0.2, -0.15) is 0 Å². The predicted molar refractivity (Wildman–Crippen MR) is 125 cm³/mol. The van der Waals surface area contributed by atoms with E-state index in [9.17, 15) is 4.79 Å². The summed E-state index contributed by atoms with van der Waals surface area (Å²) >= 11 is 1.44. The lowest BCUT2D eigenvalue weighted by Gasteiger charge is -2.14. The predicted octanol–water partition coefficient (Wildman–Crippen LogP) is 4.10. The Morgan fingerprint density at radius 1 is 1.00 bits per heavy atom. The third-order valence-electron chi connectivity index (χ3n) is 4.95. The maximum atomic E-state index is 13.1. The molecule has 0 bridgehead atoms. The van der Waals surface area contributed by atoms with E-state index < -0.39 is 0 Å². The van der Waals surface area contributed by atoms with E-state index in [4.69, 9.17) is 0 Å². The van der Waals surface area contributed by atoms with Crippen molar-refractivity contribution in [2.45, 2.75) is 36.7 Å². The monoisotopic (exact) mass is 444 g/mol. The van der Waals surface area contributed by atoms with E-state index in [0.717, 1.165) is 18.5 Å². The highest BCUT2D eigenvalue weighted by molar-refractivity contribution is 7.98. The van der Waals surface area contributed by atoms with Crippen LogP contribution >= 0.6 is 11.8 Å². The number of nitrogens with one attached hydrogen (secondary N) is 1. The van der Waals surface area contributed by atoms with Gasteiger partial charge in [0.2, 0.25) is 0 Å². The van der Waals surface area contributed by atoms with Crippen LogP contribution in [-0.2, 0) is 12.2 Å². The van der Waals surface area contributed by atoms with Gasteiger partial charge in [-0.15, -0.1) is 5.10 Å². The maximum Gasteiger partial charge on any atom is 0.274 e. The van der Waals surface area contributed by atoms with Crippen molar-refractivity contribution < 1.29 is 4.79 Å². The van der Waals surface area contributed by atoms with E-state index >= 15 is 0 Å². The Kier molecular flexibility index (Phi) is 7.24. The molecule has 4 rings (SSSR count). The molecule has 8 heteroatoms. The Bertz CT molecular complexity index is 1140. The Balaban J connectivity index is 1.50. The SMILES string of the molecule is CC(CCc1ccccc1)NC(=O)c1nnn(-c2ccccc2)c1CSc1ncccn1. The fourth-order valence-corrected chi connectivity index (χ4v) is 4.06. The fraction of sp³-hybridized carbons (Fsp3) is 0.208. The largest absolute Gasteiger partial charge is 0.348 e. The highest BCUT2D eigenvalue weighted by Crippen LogP contribution is 2.22. The van der Waals surface area contributed by atoms with Crippen molar-refractivity contribution in [1.82, 2.24) is 30.3 Å². The zero-order valence-corrected chi connectivity index (χ0v) is 18.6. The quantitative estimate of drug-likeness (QED) is 0.309. The zero-order valence-electron chi connectivity index (χ0n) is 17.8. The van der Waals surface area contributed by atoms with Gasteiger partial charge in [-0.05, 0) is 43.5 Å². The molecule has 2 aromatic carbocycles. The summed E-state index contributed by atoms with van der Waals surface area (Å²) in [6.45, 7) is 2.01. The second-order valence-corrected chi connectivity index (χ2v) is 8.29. The third-order valence-corrected chi connectivity index (χ3v) is 5.83. The van der Waals surface area contributed by atoms with E-state index in [0.29, 0.717) is 22.3 Å². The third kappa shape index (κ3) is 5.59. The number of benzene rings is 2. The number of aromatic nitrogens is 5. The molecule has 0 aliphatic carbocycles. The lowest BCUT2D eigenvalue weighted by Crippen LogP contribution is -2.33. The second kappa shape index (κ2) is 10.7. The van der Waals surface area contributed by atoms with Crippen LogP contribution in [-0.4, -0.2) is 36.9 Å². The summed E-state index contributed by atoms with van der Waals surface area (Å²) in [7, 11) is 0. The van der Waals surface area contributed by atoms with Crippen molar-refractivity contribution in [1.29, 1.82) is 0 Å². The number of hydrogen-bond acceptors (Lipinski definition) is 6. The molecular formula is C24H24N6OS. The molecule has 0 saturated carbocycles. The van der Waals surface area contributed by atoms with E-state index in [1.54, 1.807) is 23.1 Å².